The van der Waals surface area contributed by atoms with Crippen molar-refractivity contribution in [2.45, 2.75) is 43.7 Å². The summed E-state index contributed by atoms with van der Waals surface area (Å²) in [7, 11) is 0. The molecule has 1 saturated heterocycles. The van der Waals surface area contributed by atoms with Crippen LogP contribution >= 0.6 is 0 Å². The molecule has 0 radical (unpaired) electrons. The number of hydrogen-bond donors (Lipinski definition) is 2. The number of carbonyl (C=O) groups is 1. The molecule has 1 amide bonds. The van der Waals surface area contributed by atoms with Gasteiger partial charge in [0.2, 0.25) is 5.91 Å². The van der Waals surface area contributed by atoms with E-state index in [9.17, 15) is 4.79 Å². The van der Waals surface area contributed by atoms with Crippen molar-refractivity contribution in [3.8, 4) is 0 Å². The van der Waals surface area contributed by atoms with Gasteiger partial charge in [-0.25, -0.2) is 0 Å². The van der Waals surface area contributed by atoms with Gasteiger partial charge in [0.05, 0.1) is 6.04 Å². The van der Waals surface area contributed by atoms with Gasteiger partial charge in [0.25, 0.3) is 0 Å². The molecule has 3 heteroatoms. The lowest BCUT2D eigenvalue weighted by Crippen LogP contribution is -2.46. The zero-order valence-electron chi connectivity index (χ0n) is 9.86. The van der Waals surface area contributed by atoms with Crippen LogP contribution in [0.15, 0.2) is 24.3 Å². The van der Waals surface area contributed by atoms with Crippen LogP contribution in [0.4, 0.5) is 0 Å². The molecule has 2 aliphatic rings. The predicted octanol–water partition coefficient (Wildman–Crippen LogP) is 1.84. The fourth-order valence-corrected chi connectivity index (χ4v) is 2.69. The van der Waals surface area contributed by atoms with Crippen LogP contribution in [0.1, 0.15) is 48.8 Å². The summed E-state index contributed by atoms with van der Waals surface area (Å²) >= 11 is 0. The first kappa shape index (κ1) is 10.8. The van der Waals surface area contributed by atoms with Gasteiger partial charge in [-0.3, -0.25) is 4.79 Å². The molecule has 0 spiro atoms. The molecule has 3 N–H and O–H groups in total. The summed E-state index contributed by atoms with van der Waals surface area (Å²) in [6, 6.07) is 8.47. The fourth-order valence-electron chi connectivity index (χ4n) is 2.69. The first-order valence-electron chi connectivity index (χ1n) is 6.39. The zero-order chi connectivity index (χ0) is 11.8. The van der Waals surface area contributed by atoms with Gasteiger partial charge in [0, 0.05) is 12.5 Å². The molecule has 1 aliphatic heterocycles. The van der Waals surface area contributed by atoms with Gasteiger partial charge >= 0.3 is 0 Å². The Balaban J connectivity index is 1.93. The van der Waals surface area contributed by atoms with Crippen molar-refractivity contribution in [2.24, 2.45) is 5.73 Å². The topological polar surface area (TPSA) is 55.1 Å². The Morgan fingerprint density at radius 1 is 1.12 bits per heavy atom. The first-order valence-corrected chi connectivity index (χ1v) is 6.39. The molecule has 1 aromatic rings. The number of carbonyl (C=O) groups excluding carboxylic acids is 1. The minimum atomic E-state index is 0.00745. The van der Waals surface area contributed by atoms with Crippen molar-refractivity contribution >= 4 is 5.91 Å². The van der Waals surface area contributed by atoms with E-state index >= 15 is 0 Å². The van der Waals surface area contributed by atoms with E-state index in [2.05, 4.69) is 23.5 Å². The summed E-state index contributed by atoms with van der Waals surface area (Å²) in [5.74, 6) is 0.819. The average molecular weight is 230 g/mol. The molecule has 1 aliphatic carbocycles. The van der Waals surface area contributed by atoms with E-state index in [0.29, 0.717) is 12.3 Å². The summed E-state index contributed by atoms with van der Waals surface area (Å²) in [5.41, 5.74) is 8.76. The van der Waals surface area contributed by atoms with E-state index in [1.165, 1.54) is 24.0 Å². The van der Waals surface area contributed by atoms with Gasteiger partial charge in [0.1, 0.15) is 0 Å². The Labute approximate surface area is 101 Å². The highest BCUT2D eigenvalue weighted by Crippen LogP contribution is 2.43. The average Bonchev–Trinajstić information content (AvgIpc) is 3.16. The minimum Gasteiger partial charge on any atom is -0.348 e. The van der Waals surface area contributed by atoms with E-state index in [1.807, 2.05) is 6.07 Å². The fraction of sp³-hybridized carbons (Fsp3) is 0.500. The molecule has 2 unspecified atom stereocenters. The van der Waals surface area contributed by atoms with Gasteiger partial charge in [0.15, 0.2) is 0 Å². The molecular weight excluding hydrogens is 212 g/mol. The second-order valence-electron chi connectivity index (χ2n) is 5.15. The first-order chi connectivity index (χ1) is 8.25. The number of nitrogens with two attached hydrogens (primary N) is 1. The third-order valence-corrected chi connectivity index (χ3v) is 3.80. The molecule has 1 heterocycles. The lowest BCUT2D eigenvalue weighted by Gasteiger charge is -2.31. The van der Waals surface area contributed by atoms with E-state index in [0.717, 1.165) is 6.42 Å². The normalized spacial score (nSPS) is 28.9. The van der Waals surface area contributed by atoms with Gasteiger partial charge in [-0.2, -0.15) is 0 Å². The van der Waals surface area contributed by atoms with Crippen molar-refractivity contribution in [3.63, 3.8) is 0 Å². The van der Waals surface area contributed by atoms with Crippen molar-refractivity contribution < 1.29 is 4.79 Å². The van der Waals surface area contributed by atoms with Gasteiger partial charge < -0.3 is 11.1 Å². The second-order valence-corrected chi connectivity index (χ2v) is 5.15. The van der Waals surface area contributed by atoms with Crippen molar-refractivity contribution in [1.29, 1.82) is 0 Å². The number of rotatable bonds is 2. The SMILES string of the molecule is NC1CCC(=O)NC1c1ccccc1C1CC1. The summed E-state index contributed by atoms with van der Waals surface area (Å²) in [4.78, 5) is 11.5. The maximum atomic E-state index is 11.5. The predicted molar refractivity (Wildman–Crippen MR) is 66.5 cm³/mol. The summed E-state index contributed by atoms with van der Waals surface area (Å²) < 4.78 is 0. The largest absolute Gasteiger partial charge is 0.348 e. The molecule has 0 aromatic heterocycles. The number of piperidine rings is 1. The van der Waals surface area contributed by atoms with Crippen molar-refractivity contribution in [1.82, 2.24) is 5.32 Å². The Bertz CT molecular complexity index is 440. The summed E-state index contributed by atoms with van der Waals surface area (Å²) in [6.07, 6.45) is 3.89. The van der Waals surface area contributed by atoms with Crippen LogP contribution in [0.25, 0.3) is 0 Å². The molecule has 2 atom stereocenters. The molecule has 0 bridgehead atoms. The maximum Gasteiger partial charge on any atom is 0.220 e. The third kappa shape index (κ3) is 2.07. The standard InChI is InChI=1S/C14H18N2O/c15-12-7-8-13(17)16-14(12)11-4-2-1-3-10(11)9-5-6-9/h1-4,9,12,14H,5-8,15H2,(H,16,17). The van der Waals surface area contributed by atoms with Crippen molar-refractivity contribution in [2.75, 3.05) is 0 Å². The van der Waals surface area contributed by atoms with Crippen LogP contribution < -0.4 is 11.1 Å². The van der Waals surface area contributed by atoms with Gasteiger partial charge in [-0.15, -0.1) is 0 Å². The highest BCUT2D eigenvalue weighted by molar-refractivity contribution is 5.77. The molecule has 2 fully saturated rings. The van der Waals surface area contributed by atoms with Crippen LogP contribution in [0.2, 0.25) is 0 Å². The number of nitrogens with one attached hydrogen (secondary N) is 1. The third-order valence-electron chi connectivity index (χ3n) is 3.80. The van der Waals surface area contributed by atoms with Gasteiger partial charge in [-0.05, 0) is 36.3 Å². The molecule has 1 aromatic carbocycles. The monoisotopic (exact) mass is 230 g/mol. The zero-order valence-corrected chi connectivity index (χ0v) is 9.86. The molecule has 3 nitrogen and oxygen atoms in total. The van der Waals surface area contributed by atoms with Crippen LogP contribution in [0.5, 0.6) is 0 Å². The number of amides is 1. The molecule has 17 heavy (non-hydrogen) atoms. The lowest BCUT2D eigenvalue weighted by atomic mass is 9.88. The highest BCUT2D eigenvalue weighted by atomic mass is 16.1. The van der Waals surface area contributed by atoms with Crippen LogP contribution in [0.3, 0.4) is 0 Å². The molecular formula is C14H18N2O. The summed E-state index contributed by atoms with van der Waals surface area (Å²) in [6.45, 7) is 0. The van der Waals surface area contributed by atoms with Crippen LogP contribution in [0, 0.1) is 0 Å². The summed E-state index contributed by atoms with van der Waals surface area (Å²) in [5, 5.41) is 3.04. The van der Waals surface area contributed by atoms with Crippen LogP contribution in [-0.4, -0.2) is 11.9 Å². The smallest absolute Gasteiger partial charge is 0.220 e. The minimum absolute atomic E-state index is 0.00745. The van der Waals surface area contributed by atoms with Crippen LogP contribution in [-0.2, 0) is 4.79 Å². The number of hydrogen-bond acceptors (Lipinski definition) is 2. The number of benzene rings is 1. The lowest BCUT2D eigenvalue weighted by molar-refractivity contribution is -0.123. The Kier molecular flexibility index (Phi) is 2.63. The Morgan fingerprint density at radius 3 is 2.53 bits per heavy atom. The van der Waals surface area contributed by atoms with Crippen molar-refractivity contribution in [3.05, 3.63) is 35.4 Å². The molecule has 90 valence electrons. The Morgan fingerprint density at radius 2 is 1.82 bits per heavy atom. The van der Waals surface area contributed by atoms with E-state index in [1.54, 1.807) is 0 Å². The molecule has 1 saturated carbocycles. The molecule has 3 rings (SSSR count). The second kappa shape index (κ2) is 4.15. The van der Waals surface area contributed by atoms with Gasteiger partial charge in [-0.1, -0.05) is 24.3 Å². The van der Waals surface area contributed by atoms with E-state index < -0.39 is 0 Å². The van der Waals surface area contributed by atoms with E-state index in [4.69, 9.17) is 5.73 Å². The quantitative estimate of drug-likeness (QED) is 0.814. The van der Waals surface area contributed by atoms with E-state index in [-0.39, 0.29) is 18.0 Å². The maximum absolute atomic E-state index is 11.5. The Hall–Kier alpha value is -1.35. The highest BCUT2D eigenvalue weighted by Gasteiger charge is 2.32.